The van der Waals surface area contributed by atoms with Gasteiger partial charge in [0.1, 0.15) is 6.61 Å². The number of nitriles is 2. The first-order chi connectivity index (χ1) is 12.4. The Kier molecular flexibility index (Phi) is 6.10. The fraction of sp³-hybridized carbons (Fsp3) is 0.278. The van der Waals surface area contributed by atoms with E-state index in [4.69, 9.17) is 10.00 Å². The van der Waals surface area contributed by atoms with E-state index in [1.165, 1.54) is 12.1 Å². The van der Waals surface area contributed by atoms with Crippen molar-refractivity contribution in [3.8, 4) is 12.1 Å². The predicted octanol–water partition coefficient (Wildman–Crippen LogP) is 1.31. The summed E-state index contributed by atoms with van der Waals surface area (Å²) in [5.74, 6) is -1.38. The van der Waals surface area contributed by atoms with Crippen LogP contribution in [-0.2, 0) is 9.53 Å². The van der Waals surface area contributed by atoms with Gasteiger partial charge in [-0.1, -0.05) is 12.1 Å². The largest absolute Gasteiger partial charge is 0.595 e. The quantitative estimate of drug-likeness (QED) is 0.412. The molecule has 2 rings (SSSR count). The van der Waals surface area contributed by atoms with Crippen molar-refractivity contribution in [1.82, 2.24) is 5.32 Å². The summed E-state index contributed by atoms with van der Waals surface area (Å²) in [7, 11) is 0. The molecule has 26 heavy (non-hydrogen) atoms. The van der Waals surface area contributed by atoms with Gasteiger partial charge in [0.05, 0.1) is 35.6 Å². The van der Waals surface area contributed by atoms with Crippen molar-refractivity contribution >= 4 is 11.7 Å². The number of benzene rings is 1. The Hall–Kier alpha value is -3.17. The lowest BCUT2D eigenvalue weighted by Crippen LogP contribution is -2.99. The molecule has 0 saturated carbocycles. The van der Waals surface area contributed by atoms with E-state index >= 15 is 0 Å². The van der Waals surface area contributed by atoms with E-state index < -0.39 is 17.1 Å². The van der Waals surface area contributed by atoms with E-state index in [1.54, 1.807) is 26.0 Å². The number of carbonyl (C=O) groups is 1. The van der Waals surface area contributed by atoms with Gasteiger partial charge >= 0.3 is 5.97 Å². The van der Waals surface area contributed by atoms with Crippen molar-refractivity contribution in [2.75, 3.05) is 6.61 Å². The number of hydrogen-bond acceptors (Lipinski definition) is 7. The second-order valence-corrected chi connectivity index (χ2v) is 5.72. The van der Waals surface area contributed by atoms with Crippen LogP contribution >= 0.6 is 0 Å². The van der Waals surface area contributed by atoms with Crippen LogP contribution in [-0.4, -0.2) is 17.8 Å². The van der Waals surface area contributed by atoms with Gasteiger partial charge in [-0.3, -0.25) is 0 Å². The molecule has 1 aromatic carbocycles. The first-order valence-electron chi connectivity index (χ1n) is 7.86. The van der Waals surface area contributed by atoms with Crippen LogP contribution in [0.3, 0.4) is 0 Å². The molecule has 1 aromatic rings. The summed E-state index contributed by atoms with van der Waals surface area (Å²) in [6, 6.07) is 10.1. The van der Waals surface area contributed by atoms with E-state index in [1.807, 2.05) is 6.07 Å². The lowest BCUT2D eigenvalue weighted by Gasteiger charge is -2.28. The Labute approximate surface area is 150 Å². The molecule has 3 N–H and O–H groups in total. The molecule has 8 nitrogen and oxygen atoms in total. The van der Waals surface area contributed by atoms with E-state index in [2.05, 4.69) is 11.4 Å². The van der Waals surface area contributed by atoms with Crippen LogP contribution < -0.4 is 10.5 Å². The van der Waals surface area contributed by atoms with Gasteiger partial charge in [-0.15, -0.1) is 0 Å². The first-order valence-corrected chi connectivity index (χ1v) is 7.86. The number of esters is 1. The lowest BCUT2D eigenvalue weighted by atomic mass is 9.81. The minimum absolute atomic E-state index is 0.0570. The van der Waals surface area contributed by atoms with Gasteiger partial charge in [0.15, 0.2) is 5.69 Å². The number of rotatable bonds is 5. The highest BCUT2D eigenvalue weighted by Gasteiger charge is 2.34. The standard InChI is InChI=1S/C18H18N4O4/c1-11-15(10-20)17(13-5-3-6-14(9-13)22(24)25)16(12(2)21-11)18(23)26-8-4-7-19/h3,5-6,9,17,21-22,24H,4,8H2,1-2H3/t17-/m1/s1. The van der Waals surface area contributed by atoms with Gasteiger partial charge in [-0.2, -0.15) is 15.8 Å². The van der Waals surface area contributed by atoms with Gasteiger partial charge in [0.2, 0.25) is 0 Å². The molecule has 1 heterocycles. The molecule has 0 aliphatic carbocycles. The van der Waals surface area contributed by atoms with Crippen LogP contribution in [0.2, 0.25) is 0 Å². The molecule has 1 aliphatic rings. The second kappa shape index (κ2) is 8.28. The molecule has 134 valence electrons. The van der Waals surface area contributed by atoms with Crippen LogP contribution in [0.25, 0.3) is 0 Å². The minimum atomic E-state index is -1.10. The number of nitrogens with zero attached hydrogens (tertiary/aromatic N) is 2. The van der Waals surface area contributed by atoms with E-state index in [0.717, 1.165) is 0 Å². The van der Waals surface area contributed by atoms with Crippen molar-refractivity contribution in [3.63, 3.8) is 0 Å². The summed E-state index contributed by atoms with van der Waals surface area (Å²) >= 11 is 0. The maximum Gasteiger partial charge on any atom is 0.336 e. The van der Waals surface area contributed by atoms with Gasteiger partial charge in [-0.05, 0) is 19.4 Å². The van der Waals surface area contributed by atoms with Crippen LogP contribution in [0.1, 0.15) is 31.7 Å². The van der Waals surface area contributed by atoms with Gasteiger partial charge in [0.25, 0.3) is 0 Å². The molecule has 0 saturated heterocycles. The van der Waals surface area contributed by atoms with E-state index in [0.29, 0.717) is 22.5 Å². The number of ether oxygens (including phenoxy) is 1. The number of carbonyl (C=O) groups excluding carboxylic acids is 1. The summed E-state index contributed by atoms with van der Waals surface area (Å²) in [5.41, 5.74) is 2.22. The molecule has 0 radical (unpaired) electrons. The third-order valence-electron chi connectivity index (χ3n) is 4.01. The SMILES string of the molecule is CC1=C(C#N)[C@@H](c2cccc([NH+]([O-])O)c2)C(C(=O)OCCC#N)=C(C)N1. The van der Waals surface area contributed by atoms with E-state index in [-0.39, 0.29) is 24.3 Å². The number of nitrogens with one attached hydrogen (secondary N) is 2. The fourth-order valence-electron chi connectivity index (χ4n) is 2.86. The van der Waals surface area contributed by atoms with Gasteiger partial charge < -0.3 is 15.3 Å². The average Bonchev–Trinajstić information content (AvgIpc) is 2.61. The molecule has 0 amide bonds. The highest BCUT2D eigenvalue weighted by molar-refractivity contribution is 5.93. The second-order valence-electron chi connectivity index (χ2n) is 5.72. The zero-order valence-electron chi connectivity index (χ0n) is 14.4. The zero-order valence-corrected chi connectivity index (χ0v) is 14.4. The van der Waals surface area contributed by atoms with Crippen LogP contribution in [0.4, 0.5) is 5.69 Å². The summed E-state index contributed by atoms with van der Waals surface area (Å²) in [4.78, 5) is 12.6. The highest BCUT2D eigenvalue weighted by atomic mass is 16.8. The topological polar surface area (TPSA) is 134 Å². The number of hydrogen-bond donors (Lipinski definition) is 3. The van der Waals surface area contributed by atoms with Crippen molar-refractivity contribution in [2.24, 2.45) is 0 Å². The summed E-state index contributed by atoms with van der Waals surface area (Å²) < 4.78 is 5.14. The lowest BCUT2D eigenvalue weighted by molar-refractivity contribution is -0.991. The van der Waals surface area contributed by atoms with Gasteiger partial charge in [0, 0.05) is 23.5 Å². The van der Waals surface area contributed by atoms with Crippen molar-refractivity contribution in [1.29, 1.82) is 10.5 Å². The van der Waals surface area contributed by atoms with Crippen LogP contribution in [0.15, 0.2) is 46.8 Å². The molecular weight excluding hydrogens is 336 g/mol. The van der Waals surface area contributed by atoms with Crippen LogP contribution in [0.5, 0.6) is 0 Å². The predicted molar refractivity (Wildman–Crippen MR) is 90.3 cm³/mol. The first kappa shape index (κ1) is 19.2. The Morgan fingerprint density at radius 2 is 2.12 bits per heavy atom. The summed E-state index contributed by atoms with van der Waals surface area (Å²) in [6.07, 6.45) is 0.0602. The van der Waals surface area contributed by atoms with Crippen molar-refractivity contribution in [3.05, 3.63) is 57.6 Å². The number of quaternary nitrogens is 1. The van der Waals surface area contributed by atoms with Crippen molar-refractivity contribution < 1.29 is 20.0 Å². The fourth-order valence-corrected chi connectivity index (χ4v) is 2.86. The molecule has 1 aliphatic heterocycles. The third kappa shape index (κ3) is 3.90. The Morgan fingerprint density at radius 1 is 1.38 bits per heavy atom. The smallest absolute Gasteiger partial charge is 0.336 e. The monoisotopic (exact) mass is 354 g/mol. The Balaban J connectivity index is 2.53. The molecule has 0 spiro atoms. The molecule has 0 aromatic heterocycles. The zero-order chi connectivity index (χ0) is 19.3. The number of dihydropyridines is 1. The molecule has 0 fully saturated rings. The average molecular weight is 354 g/mol. The maximum atomic E-state index is 12.6. The molecule has 1 unspecified atom stereocenters. The number of allylic oxidation sites excluding steroid dienone is 3. The molecule has 2 atom stereocenters. The third-order valence-corrected chi connectivity index (χ3v) is 4.01. The van der Waals surface area contributed by atoms with Crippen LogP contribution in [0, 0.1) is 27.9 Å². The minimum Gasteiger partial charge on any atom is -0.595 e. The Bertz CT molecular complexity index is 859. The summed E-state index contributed by atoms with van der Waals surface area (Å²) in [6.45, 7) is 3.35. The molecular formula is C18H18N4O4. The Morgan fingerprint density at radius 3 is 2.73 bits per heavy atom. The molecule has 8 heteroatoms. The van der Waals surface area contributed by atoms with Crippen molar-refractivity contribution in [2.45, 2.75) is 26.2 Å². The highest BCUT2D eigenvalue weighted by Crippen LogP contribution is 2.38. The van der Waals surface area contributed by atoms with E-state index in [9.17, 15) is 20.5 Å². The maximum absolute atomic E-state index is 12.6. The summed E-state index contributed by atoms with van der Waals surface area (Å²) in [5, 5.41) is 40.6. The normalized spacial score (nSPS) is 17.8. The molecule has 0 bridgehead atoms. The van der Waals surface area contributed by atoms with Gasteiger partial charge in [-0.25, -0.2) is 10.0 Å².